The zero-order chi connectivity index (χ0) is 35.5. The summed E-state index contributed by atoms with van der Waals surface area (Å²) in [7, 11) is 0. The van der Waals surface area contributed by atoms with Crippen LogP contribution in [0.3, 0.4) is 0 Å². The Bertz CT molecular complexity index is 2150. The average Bonchev–Trinajstić information content (AvgIpc) is 3.42. The molecule has 1 aliphatic carbocycles. The molecule has 1 aliphatic rings. The van der Waals surface area contributed by atoms with Crippen LogP contribution < -0.4 is 0 Å². The van der Waals surface area contributed by atoms with Crippen molar-refractivity contribution in [2.45, 2.75) is 44.9 Å². The first-order valence-corrected chi connectivity index (χ1v) is 17.7. The van der Waals surface area contributed by atoms with Crippen LogP contribution in [0.2, 0.25) is 0 Å². The third-order valence-electron chi connectivity index (χ3n) is 10.2. The van der Waals surface area contributed by atoms with Crippen molar-refractivity contribution < 1.29 is 19.1 Å². The summed E-state index contributed by atoms with van der Waals surface area (Å²) in [6.45, 7) is 11.4. The minimum atomic E-state index is -0.384. The van der Waals surface area contributed by atoms with Crippen molar-refractivity contribution in [1.29, 1.82) is 0 Å². The maximum atomic E-state index is 12.3. The van der Waals surface area contributed by atoms with Crippen molar-refractivity contribution in [2.75, 3.05) is 13.2 Å². The number of hydrogen-bond acceptors (Lipinski definition) is 4. The first kappa shape index (κ1) is 33.7. The van der Waals surface area contributed by atoms with E-state index >= 15 is 0 Å². The summed E-state index contributed by atoms with van der Waals surface area (Å²) in [6, 6.07) is 43.8. The molecule has 0 aromatic heterocycles. The average molecular weight is 671 g/mol. The fraction of sp³-hybridized carbons (Fsp3) is 0.191. The van der Waals surface area contributed by atoms with Gasteiger partial charge in [-0.15, -0.1) is 0 Å². The molecule has 254 valence electrons. The molecular weight excluding hydrogens is 629 g/mol. The van der Waals surface area contributed by atoms with E-state index in [0.717, 1.165) is 24.0 Å². The molecule has 51 heavy (non-hydrogen) atoms. The Morgan fingerprint density at radius 2 is 0.941 bits per heavy atom. The van der Waals surface area contributed by atoms with Crippen LogP contribution in [0.1, 0.15) is 50.7 Å². The van der Waals surface area contributed by atoms with Crippen molar-refractivity contribution >= 4 is 33.5 Å². The minimum Gasteiger partial charge on any atom is -0.462 e. The van der Waals surface area contributed by atoms with Gasteiger partial charge in [-0.05, 0) is 118 Å². The fourth-order valence-electron chi connectivity index (χ4n) is 7.79. The van der Waals surface area contributed by atoms with Gasteiger partial charge in [0.05, 0.1) is 13.2 Å². The molecule has 0 saturated carbocycles. The normalized spacial score (nSPS) is 12.7. The van der Waals surface area contributed by atoms with Gasteiger partial charge in [0.15, 0.2) is 0 Å². The van der Waals surface area contributed by atoms with Crippen LogP contribution in [0.25, 0.3) is 54.9 Å². The maximum absolute atomic E-state index is 12.3. The van der Waals surface area contributed by atoms with Gasteiger partial charge in [0, 0.05) is 16.6 Å². The molecule has 0 aliphatic heterocycles. The van der Waals surface area contributed by atoms with Gasteiger partial charge in [0.2, 0.25) is 0 Å². The number of esters is 2. The second-order valence-corrected chi connectivity index (χ2v) is 13.7. The predicted molar refractivity (Wildman–Crippen MR) is 209 cm³/mol. The van der Waals surface area contributed by atoms with Gasteiger partial charge >= 0.3 is 11.9 Å². The quantitative estimate of drug-likeness (QED) is 0.0739. The van der Waals surface area contributed by atoms with E-state index < -0.39 is 0 Å². The van der Waals surface area contributed by atoms with Crippen molar-refractivity contribution in [3.05, 3.63) is 157 Å². The number of benzene rings is 6. The summed E-state index contributed by atoms with van der Waals surface area (Å²) >= 11 is 0. The molecule has 4 nitrogen and oxygen atoms in total. The van der Waals surface area contributed by atoms with Crippen molar-refractivity contribution in [3.63, 3.8) is 0 Å². The van der Waals surface area contributed by atoms with E-state index in [0.29, 0.717) is 37.2 Å². The van der Waals surface area contributed by atoms with E-state index in [2.05, 4.69) is 134 Å². The van der Waals surface area contributed by atoms with Gasteiger partial charge in [-0.2, -0.15) is 0 Å². The van der Waals surface area contributed by atoms with Crippen LogP contribution in [0, 0.1) is 0 Å². The third-order valence-corrected chi connectivity index (χ3v) is 10.2. The Morgan fingerprint density at radius 3 is 1.37 bits per heavy atom. The van der Waals surface area contributed by atoms with E-state index in [1.165, 1.54) is 54.9 Å². The van der Waals surface area contributed by atoms with Gasteiger partial charge in [-0.1, -0.05) is 122 Å². The smallest absolute Gasteiger partial charge is 0.333 e. The molecule has 0 heterocycles. The van der Waals surface area contributed by atoms with Gasteiger partial charge in [-0.3, -0.25) is 0 Å². The summed E-state index contributed by atoms with van der Waals surface area (Å²) in [5.41, 5.74) is 10.0. The van der Waals surface area contributed by atoms with Crippen LogP contribution in [0.4, 0.5) is 0 Å². The van der Waals surface area contributed by atoms with Crippen LogP contribution >= 0.6 is 0 Å². The lowest BCUT2D eigenvalue weighted by Crippen LogP contribution is -2.27. The maximum Gasteiger partial charge on any atom is 0.333 e. The minimum absolute atomic E-state index is 0.297. The van der Waals surface area contributed by atoms with Crippen LogP contribution in [0.15, 0.2) is 146 Å². The molecule has 7 rings (SSSR count). The number of carbonyl (C=O) groups is 2. The number of rotatable bonds is 12. The highest BCUT2D eigenvalue weighted by Crippen LogP contribution is 2.55. The molecule has 0 N–H and O–H groups in total. The van der Waals surface area contributed by atoms with E-state index in [-0.39, 0.29) is 17.4 Å². The van der Waals surface area contributed by atoms with Gasteiger partial charge < -0.3 is 9.47 Å². The fourth-order valence-corrected chi connectivity index (χ4v) is 7.79. The highest BCUT2D eigenvalue weighted by atomic mass is 16.5. The highest BCUT2D eigenvalue weighted by molar-refractivity contribution is 6.00. The number of ether oxygens (including phenoxy) is 2. The van der Waals surface area contributed by atoms with E-state index in [4.69, 9.17) is 9.47 Å². The lowest BCUT2D eigenvalue weighted by atomic mass is 9.71. The Morgan fingerprint density at radius 1 is 0.529 bits per heavy atom. The van der Waals surface area contributed by atoms with Crippen LogP contribution in [-0.4, -0.2) is 25.2 Å². The first-order chi connectivity index (χ1) is 24.8. The summed E-state index contributed by atoms with van der Waals surface area (Å²) in [5, 5.41) is 4.84. The highest BCUT2D eigenvalue weighted by Gasteiger charge is 2.43. The molecular formula is C47H42O4. The molecule has 4 heteroatoms. The molecule has 6 aromatic carbocycles. The largest absolute Gasteiger partial charge is 0.462 e. The SMILES string of the molecule is C=C(C)C(=O)OCCCC1(CCCOC(=O)C(=C)C)c2ccc(-c3cccc4ccccc34)cc2-c2cc(-c3cccc4ccccc34)ccc21. The van der Waals surface area contributed by atoms with Crippen LogP contribution in [-0.2, 0) is 24.5 Å². The van der Waals surface area contributed by atoms with Gasteiger partial charge in [0.25, 0.3) is 0 Å². The summed E-state index contributed by atoms with van der Waals surface area (Å²) in [4.78, 5) is 24.6. The van der Waals surface area contributed by atoms with Gasteiger partial charge in [-0.25, -0.2) is 9.59 Å². The molecule has 0 radical (unpaired) electrons. The standard InChI is InChI=1S/C47H42O4/c1-31(2)45(48)50-27-11-25-47(26-12-28-51-46(49)32(3)4)43-23-21-35(39-19-9-15-33-13-5-7-17-37(33)39)29-41(43)42-30-36(22-24-44(42)47)40-20-10-16-34-14-6-8-18-38(34)40/h5-10,13-24,29-30H,1,3,11-12,25-28H2,2,4H3. The molecule has 0 spiro atoms. The molecule has 0 saturated heterocycles. The zero-order valence-electron chi connectivity index (χ0n) is 29.3. The second-order valence-electron chi connectivity index (χ2n) is 13.7. The number of carbonyl (C=O) groups excluding carboxylic acids is 2. The zero-order valence-corrected chi connectivity index (χ0v) is 29.3. The second kappa shape index (κ2) is 14.2. The van der Waals surface area contributed by atoms with Crippen molar-refractivity contribution in [2.24, 2.45) is 0 Å². The monoisotopic (exact) mass is 670 g/mol. The Labute approximate surface area is 300 Å². The van der Waals surface area contributed by atoms with Crippen LogP contribution in [0.5, 0.6) is 0 Å². The number of fused-ring (bicyclic) bond motifs is 5. The van der Waals surface area contributed by atoms with Gasteiger partial charge in [0.1, 0.15) is 0 Å². The summed E-state index contributed by atoms with van der Waals surface area (Å²) in [5.74, 6) is -0.745. The lowest BCUT2D eigenvalue weighted by Gasteiger charge is -2.33. The van der Waals surface area contributed by atoms with Crippen molar-refractivity contribution in [3.8, 4) is 33.4 Å². The summed E-state index contributed by atoms with van der Waals surface area (Å²) in [6.07, 6.45) is 2.84. The Balaban J connectivity index is 1.37. The lowest BCUT2D eigenvalue weighted by molar-refractivity contribution is -0.139. The molecule has 0 unspecified atom stereocenters. The van der Waals surface area contributed by atoms with Crippen molar-refractivity contribution in [1.82, 2.24) is 0 Å². The Hall–Kier alpha value is -5.74. The van der Waals surface area contributed by atoms with E-state index in [1.807, 2.05) is 0 Å². The molecule has 0 fully saturated rings. The van der Waals surface area contributed by atoms with E-state index in [9.17, 15) is 9.59 Å². The Kier molecular flexibility index (Phi) is 9.42. The third kappa shape index (κ3) is 6.50. The number of hydrogen-bond donors (Lipinski definition) is 0. The molecule has 0 atom stereocenters. The summed E-state index contributed by atoms with van der Waals surface area (Å²) < 4.78 is 11.2. The molecule has 6 aromatic rings. The topological polar surface area (TPSA) is 52.6 Å². The molecule has 0 amide bonds. The molecule has 0 bridgehead atoms. The predicted octanol–water partition coefficient (Wildman–Crippen LogP) is 11.4. The van der Waals surface area contributed by atoms with E-state index in [1.54, 1.807) is 13.8 Å². The first-order valence-electron chi connectivity index (χ1n) is 17.7.